The van der Waals surface area contributed by atoms with Crippen molar-refractivity contribution in [3.63, 3.8) is 0 Å². The van der Waals surface area contributed by atoms with E-state index in [4.69, 9.17) is 9.47 Å². The van der Waals surface area contributed by atoms with Gasteiger partial charge in [-0.2, -0.15) is 0 Å². The Hall–Kier alpha value is -1.04. The molecule has 19 heavy (non-hydrogen) atoms. The molecule has 0 radical (unpaired) electrons. The molecule has 1 aromatic heterocycles. The second-order valence-corrected chi connectivity index (χ2v) is 5.77. The first-order valence-electron chi connectivity index (χ1n) is 5.97. The summed E-state index contributed by atoms with van der Waals surface area (Å²) in [7, 11) is 1.67. The van der Waals surface area contributed by atoms with Crippen LogP contribution in [0.25, 0.3) is 0 Å². The van der Waals surface area contributed by atoms with E-state index < -0.39 is 0 Å². The summed E-state index contributed by atoms with van der Waals surface area (Å²) in [5.41, 5.74) is 1.05. The summed E-state index contributed by atoms with van der Waals surface area (Å²) in [6, 6.07) is 10.0. The van der Waals surface area contributed by atoms with Gasteiger partial charge in [-0.05, 0) is 39.5 Å². The Bertz CT molecular complexity index is 516. The lowest BCUT2D eigenvalue weighted by atomic mass is 10.3. The van der Waals surface area contributed by atoms with E-state index in [0.717, 1.165) is 22.5 Å². The van der Waals surface area contributed by atoms with Gasteiger partial charge in [0.15, 0.2) is 0 Å². The van der Waals surface area contributed by atoms with E-state index in [2.05, 4.69) is 32.7 Å². The van der Waals surface area contributed by atoms with Crippen molar-refractivity contribution in [1.29, 1.82) is 0 Å². The van der Waals surface area contributed by atoms with Crippen molar-refractivity contribution in [3.05, 3.63) is 45.1 Å². The van der Waals surface area contributed by atoms with Crippen LogP contribution in [0.15, 0.2) is 40.2 Å². The molecule has 0 spiro atoms. The number of methoxy groups -OCH3 is 1. The molecule has 0 atom stereocenters. The zero-order chi connectivity index (χ0) is 13.5. The van der Waals surface area contributed by atoms with E-state index in [1.165, 1.54) is 4.88 Å². The first kappa shape index (κ1) is 14.4. The van der Waals surface area contributed by atoms with Crippen LogP contribution in [0.4, 0.5) is 5.69 Å². The van der Waals surface area contributed by atoms with E-state index in [0.29, 0.717) is 13.2 Å². The van der Waals surface area contributed by atoms with Crippen LogP contribution in [-0.2, 0) is 11.3 Å². The molecule has 0 amide bonds. The maximum atomic E-state index is 5.58. The average Bonchev–Trinajstić information content (AvgIpc) is 2.83. The van der Waals surface area contributed by atoms with Crippen molar-refractivity contribution >= 4 is 33.0 Å². The standard InChI is InChI=1S/C14H16BrNO2S/c1-17-6-7-18-12-4-2-3-11(9-12)16-10-14-13(15)5-8-19-14/h2-5,8-9,16H,6-7,10H2,1H3. The highest BCUT2D eigenvalue weighted by Crippen LogP contribution is 2.24. The predicted octanol–water partition coefficient (Wildman–Crippen LogP) is 4.15. The van der Waals surface area contributed by atoms with Crippen LogP contribution in [0.5, 0.6) is 5.75 Å². The minimum Gasteiger partial charge on any atom is -0.491 e. The summed E-state index contributed by atoms with van der Waals surface area (Å²) in [5.74, 6) is 0.854. The minimum absolute atomic E-state index is 0.566. The fourth-order valence-electron chi connectivity index (χ4n) is 1.57. The highest BCUT2D eigenvalue weighted by molar-refractivity contribution is 9.10. The zero-order valence-corrected chi connectivity index (χ0v) is 13.1. The second kappa shape index (κ2) is 7.53. The number of hydrogen-bond acceptors (Lipinski definition) is 4. The highest BCUT2D eigenvalue weighted by Gasteiger charge is 2.02. The van der Waals surface area contributed by atoms with Crippen LogP contribution in [0.3, 0.4) is 0 Å². The molecule has 0 aliphatic rings. The fraction of sp³-hybridized carbons (Fsp3) is 0.286. The van der Waals surface area contributed by atoms with Crippen LogP contribution in [0, 0.1) is 0 Å². The molecule has 0 aliphatic heterocycles. The van der Waals surface area contributed by atoms with Gasteiger partial charge in [0.25, 0.3) is 0 Å². The third kappa shape index (κ3) is 4.53. The molecule has 0 saturated heterocycles. The topological polar surface area (TPSA) is 30.5 Å². The van der Waals surface area contributed by atoms with Gasteiger partial charge < -0.3 is 14.8 Å². The molecule has 0 aliphatic carbocycles. The number of ether oxygens (including phenoxy) is 2. The number of nitrogens with one attached hydrogen (secondary N) is 1. The van der Waals surface area contributed by atoms with Crippen molar-refractivity contribution in [3.8, 4) is 5.75 Å². The number of halogens is 1. The van der Waals surface area contributed by atoms with E-state index in [1.807, 2.05) is 24.3 Å². The Labute approximate surface area is 125 Å². The van der Waals surface area contributed by atoms with Gasteiger partial charge in [0, 0.05) is 28.2 Å². The molecule has 5 heteroatoms. The summed E-state index contributed by atoms with van der Waals surface area (Å²) in [5, 5.41) is 5.46. The molecule has 0 saturated carbocycles. The predicted molar refractivity (Wildman–Crippen MR) is 83.2 cm³/mol. The van der Waals surface area contributed by atoms with Crippen molar-refractivity contribution < 1.29 is 9.47 Å². The van der Waals surface area contributed by atoms with Gasteiger partial charge in [-0.15, -0.1) is 11.3 Å². The SMILES string of the molecule is COCCOc1cccc(NCc2sccc2Br)c1. The summed E-state index contributed by atoms with van der Waals surface area (Å²) in [6.45, 7) is 1.97. The normalized spacial score (nSPS) is 10.4. The monoisotopic (exact) mass is 341 g/mol. The molecule has 1 N–H and O–H groups in total. The molecule has 0 unspecified atom stereocenters. The number of hydrogen-bond donors (Lipinski definition) is 1. The molecule has 0 bridgehead atoms. The van der Waals surface area contributed by atoms with Crippen LogP contribution >= 0.6 is 27.3 Å². The zero-order valence-electron chi connectivity index (χ0n) is 10.7. The van der Waals surface area contributed by atoms with Crippen LogP contribution in [-0.4, -0.2) is 20.3 Å². The molecule has 3 nitrogen and oxygen atoms in total. The Balaban J connectivity index is 1.90. The Morgan fingerprint density at radius 2 is 2.16 bits per heavy atom. The first-order chi connectivity index (χ1) is 9.29. The van der Waals surface area contributed by atoms with Gasteiger partial charge in [-0.25, -0.2) is 0 Å². The van der Waals surface area contributed by atoms with E-state index in [-0.39, 0.29) is 0 Å². The third-order valence-corrected chi connectivity index (χ3v) is 4.46. The summed E-state index contributed by atoms with van der Waals surface area (Å²) >= 11 is 5.26. The van der Waals surface area contributed by atoms with Gasteiger partial charge in [0.1, 0.15) is 12.4 Å². The fourth-order valence-corrected chi connectivity index (χ4v) is 3.00. The van der Waals surface area contributed by atoms with Gasteiger partial charge in [-0.1, -0.05) is 6.07 Å². The lowest BCUT2D eigenvalue weighted by Gasteiger charge is -2.09. The van der Waals surface area contributed by atoms with Crippen LogP contribution in [0.1, 0.15) is 4.88 Å². The van der Waals surface area contributed by atoms with Crippen LogP contribution in [0.2, 0.25) is 0 Å². The number of benzene rings is 1. The van der Waals surface area contributed by atoms with Gasteiger partial charge in [0.05, 0.1) is 13.2 Å². The van der Waals surface area contributed by atoms with Crippen LogP contribution < -0.4 is 10.1 Å². The summed E-state index contributed by atoms with van der Waals surface area (Å²) < 4.78 is 11.7. The number of rotatable bonds is 7. The Kier molecular flexibility index (Phi) is 5.69. The summed E-state index contributed by atoms with van der Waals surface area (Å²) in [4.78, 5) is 1.28. The summed E-state index contributed by atoms with van der Waals surface area (Å²) in [6.07, 6.45) is 0. The smallest absolute Gasteiger partial charge is 0.121 e. The van der Waals surface area contributed by atoms with Crippen molar-refractivity contribution in [1.82, 2.24) is 0 Å². The molecular formula is C14H16BrNO2S. The quantitative estimate of drug-likeness (QED) is 0.767. The maximum absolute atomic E-state index is 5.58. The Morgan fingerprint density at radius 3 is 2.89 bits per heavy atom. The van der Waals surface area contributed by atoms with Gasteiger partial charge in [0.2, 0.25) is 0 Å². The third-order valence-electron chi connectivity index (χ3n) is 2.53. The van der Waals surface area contributed by atoms with Crippen molar-refractivity contribution in [2.24, 2.45) is 0 Å². The molecule has 1 heterocycles. The van der Waals surface area contributed by atoms with Crippen molar-refractivity contribution in [2.75, 3.05) is 25.6 Å². The van der Waals surface area contributed by atoms with Gasteiger partial charge in [-0.3, -0.25) is 0 Å². The average molecular weight is 342 g/mol. The van der Waals surface area contributed by atoms with Gasteiger partial charge >= 0.3 is 0 Å². The second-order valence-electron chi connectivity index (χ2n) is 3.91. The Morgan fingerprint density at radius 1 is 1.26 bits per heavy atom. The van der Waals surface area contributed by atoms with E-state index in [9.17, 15) is 0 Å². The largest absolute Gasteiger partial charge is 0.491 e. The first-order valence-corrected chi connectivity index (χ1v) is 7.64. The van der Waals surface area contributed by atoms with Crippen molar-refractivity contribution in [2.45, 2.75) is 6.54 Å². The number of thiophene rings is 1. The molecule has 2 rings (SSSR count). The lowest BCUT2D eigenvalue weighted by Crippen LogP contribution is -2.04. The highest BCUT2D eigenvalue weighted by atomic mass is 79.9. The number of anilines is 1. The molecular weight excluding hydrogens is 326 g/mol. The molecule has 102 valence electrons. The molecule has 0 fully saturated rings. The van der Waals surface area contributed by atoms with E-state index in [1.54, 1.807) is 18.4 Å². The maximum Gasteiger partial charge on any atom is 0.121 e. The molecule has 1 aromatic carbocycles. The minimum atomic E-state index is 0.566. The van der Waals surface area contributed by atoms with E-state index >= 15 is 0 Å². The lowest BCUT2D eigenvalue weighted by molar-refractivity contribution is 0.146. The molecule has 2 aromatic rings.